The Bertz CT molecular complexity index is 507. The van der Waals surface area contributed by atoms with E-state index in [4.69, 9.17) is 4.52 Å². The molecule has 0 spiro atoms. The third-order valence-electron chi connectivity index (χ3n) is 3.38. The molecular weight excluding hydrogens is 252 g/mol. The van der Waals surface area contributed by atoms with Crippen molar-refractivity contribution >= 4 is 10.0 Å². The van der Waals surface area contributed by atoms with Crippen molar-refractivity contribution < 1.29 is 12.9 Å². The molecule has 1 unspecified atom stereocenters. The van der Waals surface area contributed by atoms with Crippen molar-refractivity contribution in [2.45, 2.75) is 45.6 Å². The normalized spacial score (nSPS) is 21.9. The molecule has 18 heavy (non-hydrogen) atoms. The maximum atomic E-state index is 12.0. The van der Waals surface area contributed by atoms with E-state index in [1.54, 1.807) is 11.2 Å². The lowest BCUT2D eigenvalue weighted by molar-refractivity contribution is 0.338. The highest BCUT2D eigenvalue weighted by Gasteiger charge is 2.36. The monoisotopic (exact) mass is 272 g/mol. The Morgan fingerprint density at radius 2 is 2.28 bits per heavy atom. The summed E-state index contributed by atoms with van der Waals surface area (Å²) < 4.78 is 30.8. The summed E-state index contributed by atoms with van der Waals surface area (Å²) in [6.45, 7) is 6.32. The van der Waals surface area contributed by atoms with E-state index in [9.17, 15) is 8.42 Å². The fourth-order valence-electron chi connectivity index (χ4n) is 2.27. The Kier molecular flexibility index (Phi) is 3.77. The Morgan fingerprint density at radius 3 is 2.83 bits per heavy atom. The predicted molar refractivity (Wildman–Crippen MR) is 68.7 cm³/mol. The standard InChI is InChI=1S/C12H20N2O3S/c1-4-18(15,16)14-7-5-6-11(14)10-8-12(9(2)3)17-13-10/h8-9,11H,4-7H2,1-3H3. The van der Waals surface area contributed by atoms with Crippen LogP contribution >= 0.6 is 0 Å². The van der Waals surface area contributed by atoms with Crippen molar-refractivity contribution in [1.82, 2.24) is 9.46 Å². The minimum atomic E-state index is -3.15. The Balaban J connectivity index is 2.26. The van der Waals surface area contributed by atoms with Crippen LogP contribution in [0.15, 0.2) is 10.6 Å². The van der Waals surface area contributed by atoms with Crippen LogP contribution in [0.4, 0.5) is 0 Å². The van der Waals surface area contributed by atoms with Crippen LogP contribution < -0.4 is 0 Å². The second-order valence-electron chi connectivity index (χ2n) is 4.98. The van der Waals surface area contributed by atoms with Crippen LogP contribution in [0.2, 0.25) is 0 Å². The Labute approximate surface area is 108 Å². The van der Waals surface area contributed by atoms with Gasteiger partial charge in [-0.05, 0) is 19.8 Å². The fraction of sp³-hybridized carbons (Fsp3) is 0.750. The molecular formula is C12H20N2O3S. The highest BCUT2D eigenvalue weighted by molar-refractivity contribution is 7.89. The molecule has 0 bridgehead atoms. The molecule has 6 heteroatoms. The summed E-state index contributed by atoms with van der Waals surface area (Å²) in [5.41, 5.74) is 0.744. The van der Waals surface area contributed by atoms with Crippen LogP contribution in [-0.2, 0) is 10.0 Å². The molecule has 0 radical (unpaired) electrons. The first-order valence-corrected chi connectivity index (χ1v) is 8.02. The van der Waals surface area contributed by atoms with Gasteiger partial charge in [-0.1, -0.05) is 19.0 Å². The van der Waals surface area contributed by atoms with Gasteiger partial charge in [0.1, 0.15) is 11.5 Å². The smallest absolute Gasteiger partial charge is 0.214 e. The van der Waals surface area contributed by atoms with E-state index in [0.29, 0.717) is 6.54 Å². The van der Waals surface area contributed by atoms with Gasteiger partial charge in [-0.3, -0.25) is 0 Å². The molecule has 1 aliphatic heterocycles. The molecule has 1 saturated heterocycles. The third-order valence-corrected chi connectivity index (χ3v) is 5.26. The lowest BCUT2D eigenvalue weighted by atomic mass is 10.1. The molecule has 2 rings (SSSR count). The van der Waals surface area contributed by atoms with Crippen LogP contribution in [0, 0.1) is 0 Å². The van der Waals surface area contributed by atoms with Gasteiger partial charge < -0.3 is 4.52 Å². The van der Waals surface area contributed by atoms with Gasteiger partial charge in [0.05, 0.1) is 11.8 Å². The second-order valence-corrected chi connectivity index (χ2v) is 7.19. The SMILES string of the molecule is CCS(=O)(=O)N1CCCC1c1cc(C(C)C)on1. The van der Waals surface area contributed by atoms with Crippen LogP contribution in [0.1, 0.15) is 57.0 Å². The first-order valence-electron chi connectivity index (χ1n) is 6.41. The van der Waals surface area contributed by atoms with Crippen molar-refractivity contribution in [2.75, 3.05) is 12.3 Å². The highest BCUT2D eigenvalue weighted by Crippen LogP contribution is 2.34. The Morgan fingerprint density at radius 1 is 1.56 bits per heavy atom. The summed E-state index contributed by atoms with van der Waals surface area (Å²) >= 11 is 0. The molecule has 1 aromatic heterocycles. The minimum absolute atomic E-state index is 0.137. The van der Waals surface area contributed by atoms with E-state index in [1.165, 1.54) is 0 Å². The number of sulfonamides is 1. The maximum Gasteiger partial charge on any atom is 0.214 e. The first kappa shape index (κ1) is 13.5. The van der Waals surface area contributed by atoms with E-state index in [1.807, 2.05) is 19.9 Å². The number of hydrogen-bond donors (Lipinski definition) is 0. The predicted octanol–water partition coefficient (Wildman–Crippen LogP) is 2.28. The topological polar surface area (TPSA) is 63.4 Å². The van der Waals surface area contributed by atoms with E-state index in [-0.39, 0.29) is 17.7 Å². The van der Waals surface area contributed by atoms with Gasteiger partial charge in [0.15, 0.2) is 0 Å². The van der Waals surface area contributed by atoms with Gasteiger partial charge in [-0.25, -0.2) is 8.42 Å². The summed E-state index contributed by atoms with van der Waals surface area (Å²) in [4.78, 5) is 0. The second kappa shape index (κ2) is 5.01. The molecule has 0 aromatic carbocycles. The molecule has 1 aromatic rings. The molecule has 102 valence electrons. The van der Waals surface area contributed by atoms with Crippen molar-refractivity contribution in [3.05, 3.63) is 17.5 Å². The van der Waals surface area contributed by atoms with Crippen molar-refractivity contribution in [3.63, 3.8) is 0 Å². The van der Waals surface area contributed by atoms with Crippen molar-refractivity contribution in [1.29, 1.82) is 0 Å². The van der Waals surface area contributed by atoms with Crippen LogP contribution in [0.3, 0.4) is 0 Å². The summed E-state index contributed by atoms with van der Waals surface area (Å²) in [7, 11) is -3.15. The number of aromatic nitrogens is 1. The largest absolute Gasteiger partial charge is 0.361 e. The fourth-order valence-corrected chi connectivity index (χ4v) is 3.61. The van der Waals surface area contributed by atoms with Gasteiger partial charge >= 0.3 is 0 Å². The molecule has 1 aliphatic rings. The van der Waals surface area contributed by atoms with Gasteiger partial charge in [-0.15, -0.1) is 0 Å². The highest BCUT2D eigenvalue weighted by atomic mass is 32.2. The quantitative estimate of drug-likeness (QED) is 0.843. The molecule has 0 aliphatic carbocycles. The average molecular weight is 272 g/mol. The number of rotatable bonds is 4. The molecule has 0 amide bonds. The molecule has 5 nitrogen and oxygen atoms in total. The van der Waals surface area contributed by atoms with E-state index in [0.717, 1.165) is 24.3 Å². The summed E-state index contributed by atoms with van der Waals surface area (Å²) in [5.74, 6) is 1.22. The molecule has 2 heterocycles. The average Bonchev–Trinajstić information content (AvgIpc) is 2.97. The zero-order chi connectivity index (χ0) is 13.3. The maximum absolute atomic E-state index is 12.0. The third kappa shape index (κ3) is 2.44. The summed E-state index contributed by atoms with van der Waals surface area (Å²) in [6, 6.07) is 1.74. The van der Waals surface area contributed by atoms with E-state index < -0.39 is 10.0 Å². The molecule has 1 fully saturated rings. The summed E-state index contributed by atoms with van der Waals surface area (Å²) in [6.07, 6.45) is 1.71. The molecule has 0 saturated carbocycles. The zero-order valence-electron chi connectivity index (χ0n) is 11.1. The van der Waals surface area contributed by atoms with Crippen LogP contribution in [-0.4, -0.2) is 30.2 Å². The van der Waals surface area contributed by atoms with Gasteiger partial charge in [0.25, 0.3) is 0 Å². The molecule has 1 atom stereocenters. The van der Waals surface area contributed by atoms with Crippen LogP contribution in [0.25, 0.3) is 0 Å². The number of hydrogen-bond acceptors (Lipinski definition) is 4. The lowest BCUT2D eigenvalue weighted by Crippen LogP contribution is -2.32. The Hall–Kier alpha value is -0.880. The molecule has 0 N–H and O–H groups in total. The van der Waals surface area contributed by atoms with Crippen LogP contribution in [0.5, 0.6) is 0 Å². The van der Waals surface area contributed by atoms with Gasteiger partial charge in [0, 0.05) is 18.5 Å². The minimum Gasteiger partial charge on any atom is -0.361 e. The lowest BCUT2D eigenvalue weighted by Gasteiger charge is -2.21. The zero-order valence-corrected chi connectivity index (χ0v) is 11.9. The van der Waals surface area contributed by atoms with E-state index in [2.05, 4.69) is 5.16 Å². The summed E-state index contributed by atoms with van der Waals surface area (Å²) in [5, 5.41) is 4.04. The van der Waals surface area contributed by atoms with Crippen molar-refractivity contribution in [3.8, 4) is 0 Å². The number of nitrogens with zero attached hydrogens (tertiary/aromatic N) is 2. The van der Waals surface area contributed by atoms with Gasteiger partial charge in [-0.2, -0.15) is 4.31 Å². The van der Waals surface area contributed by atoms with E-state index >= 15 is 0 Å². The van der Waals surface area contributed by atoms with Gasteiger partial charge in [0.2, 0.25) is 10.0 Å². The van der Waals surface area contributed by atoms with Crippen molar-refractivity contribution in [2.24, 2.45) is 0 Å². The first-order chi connectivity index (χ1) is 8.45.